The summed E-state index contributed by atoms with van der Waals surface area (Å²) in [5, 5.41) is 0. The van der Waals surface area contributed by atoms with Gasteiger partial charge in [0.15, 0.2) is 0 Å². The van der Waals surface area contributed by atoms with E-state index >= 15 is 0 Å². The maximum atomic E-state index is 12.8. The first kappa shape index (κ1) is 7.92. The lowest BCUT2D eigenvalue weighted by atomic mass is 10.1. The van der Waals surface area contributed by atoms with Crippen molar-refractivity contribution in [2.45, 2.75) is 32.2 Å². The van der Waals surface area contributed by atoms with Crippen LogP contribution < -0.4 is 0 Å². The summed E-state index contributed by atoms with van der Waals surface area (Å²) in [6, 6.07) is -2.52. The van der Waals surface area contributed by atoms with Gasteiger partial charge in [-0.3, -0.25) is 0 Å². The summed E-state index contributed by atoms with van der Waals surface area (Å²) in [7, 11) is 0. The van der Waals surface area contributed by atoms with E-state index in [1.165, 1.54) is 4.90 Å². The SMILES string of the molecule is CCN1CCCCC1(F)F. The van der Waals surface area contributed by atoms with E-state index in [0.717, 1.165) is 6.42 Å². The molecule has 0 aliphatic carbocycles. The molecule has 0 aromatic carbocycles. The van der Waals surface area contributed by atoms with Crippen molar-refractivity contribution in [3.63, 3.8) is 0 Å². The molecule has 1 fully saturated rings. The summed E-state index contributed by atoms with van der Waals surface area (Å²) in [5.74, 6) is 0. The monoisotopic (exact) mass is 149 g/mol. The third-order valence-electron chi connectivity index (χ3n) is 2.00. The average molecular weight is 149 g/mol. The molecule has 3 heteroatoms. The number of piperidine rings is 1. The average Bonchev–Trinajstić information content (AvgIpc) is 1.87. The Morgan fingerprint density at radius 1 is 1.40 bits per heavy atom. The highest BCUT2D eigenvalue weighted by molar-refractivity contribution is 4.73. The molecular weight excluding hydrogens is 136 g/mol. The molecule has 1 saturated heterocycles. The van der Waals surface area contributed by atoms with Crippen LogP contribution in [0.2, 0.25) is 0 Å². The number of halogens is 2. The van der Waals surface area contributed by atoms with Gasteiger partial charge in [0.05, 0.1) is 0 Å². The lowest BCUT2D eigenvalue weighted by molar-refractivity contribution is -0.165. The van der Waals surface area contributed by atoms with Gasteiger partial charge >= 0.3 is 6.05 Å². The fourth-order valence-electron chi connectivity index (χ4n) is 1.35. The molecule has 1 heterocycles. The van der Waals surface area contributed by atoms with Crippen LogP contribution in [-0.4, -0.2) is 24.0 Å². The third-order valence-corrected chi connectivity index (χ3v) is 2.00. The predicted molar refractivity (Wildman–Crippen MR) is 36.0 cm³/mol. The minimum atomic E-state index is -2.52. The van der Waals surface area contributed by atoms with Crippen molar-refractivity contribution in [3.05, 3.63) is 0 Å². The largest absolute Gasteiger partial charge is 0.304 e. The van der Waals surface area contributed by atoms with Crippen LogP contribution in [0.4, 0.5) is 8.78 Å². The maximum absolute atomic E-state index is 12.8. The van der Waals surface area contributed by atoms with E-state index in [9.17, 15) is 8.78 Å². The van der Waals surface area contributed by atoms with Crippen molar-refractivity contribution in [1.29, 1.82) is 0 Å². The number of rotatable bonds is 1. The van der Waals surface area contributed by atoms with Crippen molar-refractivity contribution in [3.8, 4) is 0 Å². The molecule has 0 bridgehead atoms. The van der Waals surface area contributed by atoms with E-state index in [0.29, 0.717) is 19.5 Å². The fourth-order valence-corrected chi connectivity index (χ4v) is 1.35. The lowest BCUT2D eigenvalue weighted by Gasteiger charge is -2.33. The molecule has 1 aliphatic heterocycles. The summed E-state index contributed by atoms with van der Waals surface area (Å²) in [5.41, 5.74) is 0. The predicted octanol–water partition coefficient (Wildman–Crippen LogP) is 2.08. The van der Waals surface area contributed by atoms with Gasteiger partial charge in [-0.25, -0.2) is 4.90 Å². The summed E-state index contributed by atoms with van der Waals surface area (Å²) < 4.78 is 25.6. The third kappa shape index (κ3) is 1.45. The van der Waals surface area contributed by atoms with Gasteiger partial charge in [0.25, 0.3) is 0 Å². The van der Waals surface area contributed by atoms with E-state index < -0.39 is 6.05 Å². The van der Waals surface area contributed by atoms with Gasteiger partial charge in [0.2, 0.25) is 0 Å². The van der Waals surface area contributed by atoms with Crippen LogP contribution in [0, 0.1) is 0 Å². The van der Waals surface area contributed by atoms with E-state index in [2.05, 4.69) is 0 Å². The van der Waals surface area contributed by atoms with Crippen molar-refractivity contribution in [1.82, 2.24) is 4.90 Å². The van der Waals surface area contributed by atoms with E-state index in [1.807, 2.05) is 0 Å². The van der Waals surface area contributed by atoms with E-state index in [-0.39, 0.29) is 6.42 Å². The Bertz CT molecular complexity index is 114. The first-order chi connectivity index (χ1) is 4.67. The fraction of sp³-hybridized carbons (Fsp3) is 1.00. The first-order valence-electron chi connectivity index (χ1n) is 3.79. The molecule has 0 unspecified atom stereocenters. The highest BCUT2D eigenvalue weighted by Gasteiger charge is 2.37. The molecule has 0 amide bonds. The summed E-state index contributed by atoms with van der Waals surface area (Å²) in [4.78, 5) is 1.25. The van der Waals surface area contributed by atoms with Gasteiger partial charge in [-0.2, -0.15) is 8.78 Å². The number of hydrogen-bond donors (Lipinski definition) is 0. The van der Waals surface area contributed by atoms with Gasteiger partial charge in [0, 0.05) is 19.5 Å². The zero-order valence-electron chi connectivity index (χ0n) is 6.24. The van der Waals surface area contributed by atoms with Crippen LogP contribution in [0.1, 0.15) is 26.2 Å². The maximum Gasteiger partial charge on any atom is 0.304 e. The van der Waals surface area contributed by atoms with Crippen molar-refractivity contribution < 1.29 is 8.78 Å². The highest BCUT2D eigenvalue weighted by atomic mass is 19.3. The highest BCUT2D eigenvalue weighted by Crippen LogP contribution is 2.30. The van der Waals surface area contributed by atoms with E-state index in [1.54, 1.807) is 6.92 Å². The topological polar surface area (TPSA) is 3.24 Å². The van der Waals surface area contributed by atoms with Gasteiger partial charge in [0.1, 0.15) is 0 Å². The molecule has 0 atom stereocenters. The smallest absolute Gasteiger partial charge is 0.245 e. The number of alkyl halides is 2. The zero-order chi connectivity index (χ0) is 7.61. The van der Waals surface area contributed by atoms with Crippen LogP contribution in [0.5, 0.6) is 0 Å². The Labute approximate surface area is 60.0 Å². The van der Waals surface area contributed by atoms with Crippen LogP contribution in [0.3, 0.4) is 0 Å². The molecular formula is C7H13F2N. The second-order valence-corrected chi connectivity index (χ2v) is 2.70. The van der Waals surface area contributed by atoms with Crippen LogP contribution in [0.25, 0.3) is 0 Å². The summed E-state index contributed by atoms with van der Waals surface area (Å²) in [6.45, 7) is 2.80. The molecule has 60 valence electrons. The van der Waals surface area contributed by atoms with Crippen molar-refractivity contribution in [2.75, 3.05) is 13.1 Å². The van der Waals surface area contributed by atoms with Crippen molar-refractivity contribution >= 4 is 0 Å². The molecule has 0 N–H and O–H groups in total. The molecule has 0 radical (unpaired) electrons. The molecule has 1 rings (SSSR count). The van der Waals surface area contributed by atoms with Crippen LogP contribution in [0.15, 0.2) is 0 Å². The second-order valence-electron chi connectivity index (χ2n) is 2.70. The molecule has 1 aliphatic rings. The number of hydrogen-bond acceptors (Lipinski definition) is 1. The normalized spacial score (nSPS) is 26.7. The Morgan fingerprint density at radius 3 is 2.50 bits per heavy atom. The van der Waals surface area contributed by atoms with Crippen molar-refractivity contribution in [2.24, 2.45) is 0 Å². The Balaban J connectivity index is 2.51. The van der Waals surface area contributed by atoms with Gasteiger partial charge < -0.3 is 0 Å². The molecule has 0 aromatic heterocycles. The minimum Gasteiger partial charge on any atom is -0.245 e. The molecule has 10 heavy (non-hydrogen) atoms. The molecule has 0 spiro atoms. The van der Waals surface area contributed by atoms with Gasteiger partial charge in [-0.05, 0) is 12.8 Å². The van der Waals surface area contributed by atoms with Gasteiger partial charge in [-0.1, -0.05) is 6.92 Å². The molecule has 0 saturated carbocycles. The second kappa shape index (κ2) is 2.82. The number of nitrogens with zero attached hydrogens (tertiary/aromatic N) is 1. The van der Waals surface area contributed by atoms with E-state index in [4.69, 9.17) is 0 Å². The molecule has 0 aromatic rings. The first-order valence-corrected chi connectivity index (χ1v) is 3.79. The van der Waals surface area contributed by atoms with Gasteiger partial charge in [-0.15, -0.1) is 0 Å². The Kier molecular flexibility index (Phi) is 2.24. The molecule has 1 nitrogen and oxygen atoms in total. The minimum absolute atomic E-state index is 0.0425. The quantitative estimate of drug-likeness (QED) is 0.516. The van der Waals surface area contributed by atoms with Crippen LogP contribution in [-0.2, 0) is 0 Å². The number of likely N-dealkylation sites (tertiary alicyclic amines) is 1. The lowest BCUT2D eigenvalue weighted by Crippen LogP contribution is -2.44. The Hall–Kier alpha value is -0.180. The Morgan fingerprint density at radius 2 is 2.10 bits per heavy atom. The summed E-state index contributed by atoms with van der Waals surface area (Å²) in [6.07, 6.45) is 1.63. The zero-order valence-corrected chi connectivity index (χ0v) is 6.24. The standard InChI is InChI=1S/C7H13F2N/c1-2-10-6-4-3-5-7(10,8)9/h2-6H2,1H3. The van der Waals surface area contributed by atoms with Crippen LogP contribution >= 0.6 is 0 Å². The summed E-state index contributed by atoms with van der Waals surface area (Å²) >= 11 is 0.